The standard InChI is InChI=1S/C10H12N4/c11-8-9-10(2-1-3-13-9)14-6-4-12-5-7-14/h1-3,12H,4-7H2. The Bertz CT molecular complexity index is 349. The highest BCUT2D eigenvalue weighted by Crippen LogP contribution is 2.17. The van der Waals surface area contributed by atoms with Crippen molar-refractivity contribution in [3.8, 4) is 6.07 Å². The molecule has 1 fully saturated rings. The van der Waals surface area contributed by atoms with E-state index >= 15 is 0 Å². The Morgan fingerprint density at radius 2 is 2.21 bits per heavy atom. The van der Waals surface area contributed by atoms with E-state index < -0.39 is 0 Å². The second-order valence-corrected chi connectivity index (χ2v) is 3.22. The van der Waals surface area contributed by atoms with E-state index in [4.69, 9.17) is 5.26 Å². The molecule has 1 aromatic rings. The zero-order valence-electron chi connectivity index (χ0n) is 7.90. The Labute approximate surface area is 83.2 Å². The lowest BCUT2D eigenvalue weighted by Crippen LogP contribution is -2.43. The van der Waals surface area contributed by atoms with E-state index in [0.717, 1.165) is 31.9 Å². The molecule has 0 unspecified atom stereocenters. The Morgan fingerprint density at radius 1 is 1.43 bits per heavy atom. The number of aromatic nitrogens is 1. The fourth-order valence-electron chi connectivity index (χ4n) is 1.64. The van der Waals surface area contributed by atoms with Crippen LogP contribution < -0.4 is 10.2 Å². The van der Waals surface area contributed by atoms with Crippen LogP contribution in [0.4, 0.5) is 5.69 Å². The fourth-order valence-corrected chi connectivity index (χ4v) is 1.64. The lowest BCUT2D eigenvalue weighted by atomic mass is 10.2. The summed E-state index contributed by atoms with van der Waals surface area (Å²) in [6, 6.07) is 5.95. The number of pyridine rings is 1. The molecule has 2 rings (SSSR count). The molecule has 0 bridgehead atoms. The van der Waals surface area contributed by atoms with Crippen LogP contribution in [0.3, 0.4) is 0 Å². The summed E-state index contributed by atoms with van der Waals surface area (Å²) >= 11 is 0. The van der Waals surface area contributed by atoms with Gasteiger partial charge >= 0.3 is 0 Å². The minimum Gasteiger partial charge on any atom is -0.367 e. The number of piperazine rings is 1. The van der Waals surface area contributed by atoms with Gasteiger partial charge in [-0.15, -0.1) is 0 Å². The number of nitrogens with one attached hydrogen (secondary N) is 1. The maximum atomic E-state index is 8.89. The van der Waals surface area contributed by atoms with Crippen LogP contribution in [0, 0.1) is 11.3 Å². The third-order valence-corrected chi connectivity index (χ3v) is 2.35. The lowest BCUT2D eigenvalue weighted by Gasteiger charge is -2.29. The summed E-state index contributed by atoms with van der Waals surface area (Å²) in [7, 11) is 0. The smallest absolute Gasteiger partial charge is 0.163 e. The first kappa shape index (κ1) is 8.97. The quantitative estimate of drug-likeness (QED) is 0.691. The lowest BCUT2D eigenvalue weighted by molar-refractivity contribution is 0.588. The third kappa shape index (κ3) is 1.68. The van der Waals surface area contributed by atoms with Crippen molar-refractivity contribution in [1.82, 2.24) is 10.3 Å². The average Bonchev–Trinajstić information content (AvgIpc) is 2.30. The molecule has 4 nitrogen and oxygen atoms in total. The van der Waals surface area contributed by atoms with Gasteiger partial charge in [0.15, 0.2) is 5.69 Å². The molecule has 0 amide bonds. The number of rotatable bonds is 1. The molecule has 4 heteroatoms. The normalized spacial score (nSPS) is 16.4. The number of nitriles is 1. The second-order valence-electron chi connectivity index (χ2n) is 3.22. The van der Waals surface area contributed by atoms with E-state index in [0.29, 0.717) is 5.69 Å². The molecule has 1 saturated heterocycles. The van der Waals surface area contributed by atoms with Gasteiger partial charge < -0.3 is 10.2 Å². The van der Waals surface area contributed by atoms with Crippen LogP contribution in [0.25, 0.3) is 0 Å². The molecule has 14 heavy (non-hydrogen) atoms. The Balaban J connectivity index is 2.26. The average molecular weight is 188 g/mol. The first-order valence-corrected chi connectivity index (χ1v) is 4.72. The molecule has 2 heterocycles. The van der Waals surface area contributed by atoms with Crippen molar-refractivity contribution >= 4 is 5.69 Å². The fraction of sp³-hybridized carbons (Fsp3) is 0.400. The first-order valence-electron chi connectivity index (χ1n) is 4.72. The van der Waals surface area contributed by atoms with E-state index in [1.807, 2.05) is 12.1 Å². The molecule has 0 atom stereocenters. The monoisotopic (exact) mass is 188 g/mol. The number of hydrogen-bond acceptors (Lipinski definition) is 4. The van der Waals surface area contributed by atoms with Gasteiger partial charge in [-0.25, -0.2) is 4.98 Å². The SMILES string of the molecule is N#Cc1ncccc1N1CCNCC1. The largest absolute Gasteiger partial charge is 0.367 e. The molecule has 0 spiro atoms. The van der Waals surface area contributed by atoms with Crippen LogP contribution in [0.15, 0.2) is 18.3 Å². The molecule has 0 saturated carbocycles. The van der Waals surface area contributed by atoms with Crippen molar-refractivity contribution in [3.05, 3.63) is 24.0 Å². The van der Waals surface area contributed by atoms with Crippen LogP contribution in [0.5, 0.6) is 0 Å². The van der Waals surface area contributed by atoms with Gasteiger partial charge in [0.25, 0.3) is 0 Å². The molecule has 1 aliphatic heterocycles. The number of hydrogen-bond donors (Lipinski definition) is 1. The Hall–Kier alpha value is -1.60. The van der Waals surface area contributed by atoms with Crippen molar-refractivity contribution in [2.75, 3.05) is 31.1 Å². The zero-order valence-corrected chi connectivity index (χ0v) is 7.90. The van der Waals surface area contributed by atoms with Crippen LogP contribution >= 0.6 is 0 Å². The summed E-state index contributed by atoms with van der Waals surface area (Å²) in [6.07, 6.45) is 1.66. The van der Waals surface area contributed by atoms with Gasteiger partial charge in [0.05, 0.1) is 5.69 Å². The predicted octanol–water partition coefficient (Wildman–Crippen LogP) is 0.363. The molecule has 1 N–H and O–H groups in total. The Morgan fingerprint density at radius 3 is 2.93 bits per heavy atom. The maximum Gasteiger partial charge on any atom is 0.163 e. The van der Waals surface area contributed by atoms with E-state index in [9.17, 15) is 0 Å². The third-order valence-electron chi connectivity index (χ3n) is 2.35. The van der Waals surface area contributed by atoms with Crippen LogP contribution in [0.1, 0.15) is 5.69 Å². The van der Waals surface area contributed by atoms with Crippen molar-refractivity contribution in [1.29, 1.82) is 5.26 Å². The summed E-state index contributed by atoms with van der Waals surface area (Å²) in [5.41, 5.74) is 1.48. The number of nitrogens with zero attached hydrogens (tertiary/aromatic N) is 3. The molecule has 1 aromatic heterocycles. The zero-order chi connectivity index (χ0) is 9.80. The van der Waals surface area contributed by atoms with Gasteiger partial charge in [0.1, 0.15) is 6.07 Å². The van der Waals surface area contributed by atoms with Gasteiger partial charge in [-0.1, -0.05) is 0 Å². The van der Waals surface area contributed by atoms with Crippen LogP contribution in [-0.2, 0) is 0 Å². The molecular formula is C10H12N4. The van der Waals surface area contributed by atoms with Crippen molar-refractivity contribution in [2.24, 2.45) is 0 Å². The molecule has 1 aliphatic rings. The summed E-state index contributed by atoms with van der Waals surface area (Å²) in [4.78, 5) is 6.25. The van der Waals surface area contributed by atoms with Crippen molar-refractivity contribution < 1.29 is 0 Å². The molecule has 0 aromatic carbocycles. The van der Waals surface area contributed by atoms with E-state index in [1.54, 1.807) is 6.20 Å². The Kier molecular flexibility index (Phi) is 2.61. The molecule has 72 valence electrons. The molecular weight excluding hydrogens is 176 g/mol. The molecule has 0 radical (unpaired) electrons. The minimum atomic E-state index is 0.523. The summed E-state index contributed by atoms with van der Waals surface area (Å²) in [5.74, 6) is 0. The number of anilines is 1. The van der Waals surface area contributed by atoms with Crippen molar-refractivity contribution in [2.45, 2.75) is 0 Å². The first-order chi connectivity index (χ1) is 6.92. The highest BCUT2D eigenvalue weighted by Gasteiger charge is 2.13. The van der Waals surface area contributed by atoms with Gasteiger partial charge in [-0.05, 0) is 12.1 Å². The topological polar surface area (TPSA) is 52.0 Å². The van der Waals surface area contributed by atoms with E-state index in [-0.39, 0.29) is 0 Å². The predicted molar refractivity (Wildman–Crippen MR) is 54.0 cm³/mol. The van der Waals surface area contributed by atoms with Gasteiger partial charge in [-0.2, -0.15) is 5.26 Å². The van der Waals surface area contributed by atoms with Gasteiger partial charge in [0, 0.05) is 32.4 Å². The second kappa shape index (κ2) is 4.07. The van der Waals surface area contributed by atoms with Gasteiger partial charge in [0.2, 0.25) is 0 Å². The maximum absolute atomic E-state index is 8.89. The highest BCUT2D eigenvalue weighted by atomic mass is 15.2. The highest BCUT2D eigenvalue weighted by molar-refractivity contribution is 5.55. The van der Waals surface area contributed by atoms with E-state index in [2.05, 4.69) is 21.3 Å². The van der Waals surface area contributed by atoms with Crippen molar-refractivity contribution in [3.63, 3.8) is 0 Å². The summed E-state index contributed by atoms with van der Waals surface area (Å²) < 4.78 is 0. The van der Waals surface area contributed by atoms with E-state index in [1.165, 1.54) is 0 Å². The minimum absolute atomic E-state index is 0.523. The summed E-state index contributed by atoms with van der Waals surface area (Å²) in [5, 5.41) is 12.2. The van der Waals surface area contributed by atoms with Gasteiger partial charge in [-0.3, -0.25) is 0 Å². The summed E-state index contributed by atoms with van der Waals surface area (Å²) in [6.45, 7) is 3.83. The molecule has 0 aliphatic carbocycles. The van der Waals surface area contributed by atoms with Crippen LogP contribution in [0.2, 0.25) is 0 Å². The van der Waals surface area contributed by atoms with Crippen LogP contribution in [-0.4, -0.2) is 31.2 Å².